The highest BCUT2D eigenvalue weighted by Gasteiger charge is 2.14. The van der Waals surface area contributed by atoms with E-state index in [1.807, 2.05) is 0 Å². The number of anilines is 2. The van der Waals surface area contributed by atoms with E-state index < -0.39 is 10.0 Å². The molecular formula is C24H25N3O4S2. The molecule has 172 valence electrons. The number of sulfonamides is 1. The number of carbonyl (C=O) groups is 1. The second-order valence-corrected chi connectivity index (χ2v) is 9.22. The summed E-state index contributed by atoms with van der Waals surface area (Å²) in [7, 11) is -3.72. The van der Waals surface area contributed by atoms with Crippen LogP contribution in [0.1, 0.15) is 30.1 Å². The Kier molecular flexibility index (Phi) is 8.39. The number of unbranched alkanes of at least 4 members (excludes halogenated alkanes) is 1. The Hall–Kier alpha value is -3.43. The third kappa shape index (κ3) is 7.30. The fraction of sp³-hybridized carbons (Fsp3) is 0.167. The summed E-state index contributed by atoms with van der Waals surface area (Å²) in [4.78, 5) is 12.5. The molecule has 7 nitrogen and oxygen atoms in total. The van der Waals surface area contributed by atoms with E-state index in [0.29, 0.717) is 29.3 Å². The quantitative estimate of drug-likeness (QED) is 0.299. The van der Waals surface area contributed by atoms with Crippen LogP contribution in [-0.4, -0.2) is 26.0 Å². The van der Waals surface area contributed by atoms with Crippen molar-refractivity contribution < 1.29 is 17.9 Å². The van der Waals surface area contributed by atoms with Crippen molar-refractivity contribution in [3.05, 3.63) is 84.4 Å². The van der Waals surface area contributed by atoms with E-state index in [2.05, 4.69) is 22.3 Å². The molecule has 0 radical (unpaired) electrons. The maximum atomic E-state index is 12.5. The summed E-state index contributed by atoms with van der Waals surface area (Å²) in [5.41, 5.74) is 1.46. The summed E-state index contributed by atoms with van der Waals surface area (Å²) in [6.45, 7) is 2.73. The van der Waals surface area contributed by atoms with E-state index in [0.717, 1.165) is 12.8 Å². The first-order valence-electron chi connectivity index (χ1n) is 10.4. The van der Waals surface area contributed by atoms with Crippen LogP contribution in [0.5, 0.6) is 5.75 Å². The van der Waals surface area contributed by atoms with Crippen LogP contribution in [-0.2, 0) is 10.0 Å². The van der Waals surface area contributed by atoms with Crippen LogP contribution in [0.2, 0.25) is 0 Å². The first-order chi connectivity index (χ1) is 15.9. The van der Waals surface area contributed by atoms with Crippen LogP contribution in [0.4, 0.5) is 11.4 Å². The smallest absolute Gasteiger partial charge is 0.261 e. The number of hydrogen-bond donors (Lipinski definition) is 3. The van der Waals surface area contributed by atoms with Gasteiger partial charge in [0.25, 0.3) is 15.9 Å². The summed E-state index contributed by atoms with van der Waals surface area (Å²) in [6, 6.07) is 21.5. The third-order valence-electron chi connectivity index (χ3n) is 4.56. The van der Waals surface area contributed by atoms with Gasteiger partial charge in [0.15, 0.2) is 5.11 Å². The van der Waals surface area contributed by atoms with Gasteiger partial charge in [-0.2, -0.15) is 0 Å². The molecule has 3 aromatic rings. The number of hydrogen-bond acceptors (Lipinski definition) is 5. The summed E-state index contributed by atoms with van der Waals surface area (Å²) < 4.78 is 33.1. The summed E-state index contributed by atoms with van der Waals surface area (Å²) in [5.74, 6) is 0.344. The summed E-state index contributed by atoms with van der Waals surface area (Å²) in [5, 5.41) is 5.58. The van der Waals surface area contributed by atoms with E-state index in [-0.39, 0.29) is 15.9 Å². The van der Waals surface area contributed by atoms with Crippen molar-refractivity contribution in [2.75, 3.05) is 16.6 Å². The van der Waals surface area contributed by atoms with Gasteiger partial charge in [-0.3, -0.25) is 14.8 Å². The molecule has 0 saturated carbocycles. The van der Waals surface area contributed by atoms with Crippen molar-refractivity contribution in [1.29, 1.82) is 0 Å². The molecule has 0 aliphatic rings. The molecule has 0 aliphatic carbocycles. The average molecular weight is 484 g/mol. The Bertz CT molecular complexity index is 1180. The highest BCUT2D eigenvalue weighted by Crippen LogP contribution is 2.18. The largest absolute Gasteiger partial charge is 0.494 e. The second-order valence-electron chi connectivity index (χ2n) is 7.13. The minimum atomic E-state index is -3.72. The maximum Gasteiger partial charge on any atom is 0.261 e. The minimum absolute atomic E-state index is 0.0984. The molecule has 3 aromatic carbocycles. The Labute approximate surface area is 199 Å². The molecule has 9 heteroatoms. The van der Waals surface area contributed by atoms with E-state index in [1.54, 1.807) is 66.7 Å². The van der Waals surface area contributed by atoms with Gasteiger partial charge < -0.3 is 10.1 Å². The molecule has 1 amide bonds. The SMILES string of the molecule is CCCCOc1ccc(C(=O)NC(=S)Nc2ccc(S(=O)(=O)Nc3ccccc3)cc2)cc1. The number of rotatable bonds is 9. The van der Waals surface area contributed by atoms with Crippen molar-refractivity contribution >= 4 is 44.6 Å². The molecule has 33 heavy (non-hydrogen) atoms. The van der Waals surface area contributed by atoms with Crippen LogP contribution in [0, 0.1) is 0 Å². The zero-order valence-corrected chi connectivity index (χ0v) is 19.7. The highest BCUT2D eigenvalue weighted by molar-refractivity contribution is 7.92. The van der Waals surface area contributed by atoms with Gasteiger partial charge in [-0.15, -0.1) is 0 Å². The minimum Gasteiger partial charge on any atom is -0.494 e. The number of para-hydroxylation sites is 1. The molecule has 3 rings (SSSR count). The standard InChI is InChI=1S/C24H25N3O4S2/c1-2-3-17-31-21-13-9-18(10-14-21)23(28)26-24(32)25-19-11-15-22(16-12-19)33(29,30)27-20-7-5-4-6-8-20/h4-16,27H,2-3,17H2,1H3,(H2,25,26,28,32). The number of benzene rings is 3. The van der Waals surface area contributed by atoms with Crippen LogP contribution >= 0.6 is 12.2 Å². The predicted octanol–water partition coefficient (Wildman–Crippen LogP) is 4.79. The lowest BCUT2D eigenvalue weighted by Crippen LogP contribution is -2.34. The number of amides is 1. The zero-order chi connectivity index (χ0) is 23.7. The number of thiocarbonyl (C=S) groups is 1. The van der Waals surface area contributed by atoms with Crippen LogP contribution in [0.25, 0.3) is 0 Å². The first kappa shape index (κ1) is 24.2. The number of ether oxygens (including phenoxy) is 1. The normalized spacial score (nSPS) is 10.8. The fourth-order valence-corrected chi connectivity index (χ4v) is 4.08. The highest BCUT2D eigenvalue weighted by atomic mass is 32.2. The monoisotopic (exact) mass is 483 g/mol. The fourth-order valence-electron chi connectivity index (χ4n) is 2.81. The van der Waals surface area contributed by atoms with Crippen LogP contribution in [0.15, 0.2) is 83.8 Å². The van der Waals surface area contributed by atoms with Gasteiger partial charge in [-0.05, 0) is 79.3 Å². The van der Waals surface area contributed by atoms with Crippen molar-refractivity contribution in [1.82, 2.24) is 5.32 Å². The first-order valence-corrected chi connectivity index (χ1v) is 12.3. The molecule has 0 heterocycles. The van der Waals surface area contributed by atoms with Crippen LogP contribution in [0.3, 0.4) is 0 Å². The molecule has 0 unspecified atom stereocenters. The lowest BCUT2D eigenvalue weighted by atomic mass is 10.2. The van der Waals surface area contributed by atoms with Gasteiger partial charge >= 0.3 is 0 Å². The molecule has 0 saturated heterocycles. The lowest BCUT2D eigenvalue weighted by Gasteiger charge is -2.11. The van der Waals surface area contributed by atoms with Gasteiger partial charge in [0, 0.05) is 16.9 Å². The number of carbonyl (C=O) groups excluding carboxylic acids is 1. The second kappa shape index (κ2) is 11.4. The molecule has 0 aliphatic heterocycles. The zero-order valence-electron chi connectivity index (χ0n) is 18.1. The van der Waals surface area contributed by atoms with E-state index in [4.69, 9.17) is 17.0 Å². The van der Waals surface area contributed by atoms with Gasteiger partial charge in [-0.1, -0.05) is 31.5 Å². The van der Waals surface area contributed by atoms with E-state index in [9.17, 15) is 13.2 Å². The predicted molar refractivity (Wildman–Crippen MR) is 134 cm³/mol. The molecule has 0 bridgehead atoms. The molecular weight excluding hydrogens is 458 g/mol. The van der Waals surface area contributed by atoms with Crippen molar-refractivity contribution in [2.45, 2.75) is 24.7 Å². The Morgan fingerprint density at radius 1 is 0.909 bits per heavy atom. The molecule has 0 spiro atoms. The van der Waals surface area contributed by atoms with Gasteiger partial charge in [0.1, 0.15) is 5.75 Å². The van der Waals surface area contributed by atoms with Gasteiger partial charge in [0.2, 0.25) is 0 Å². The number of nitrogens with one attached hydrogen (secondary N) is 3. The molecule has 0 fully saturated rings. The lowest BCUT2D eigenvalue weighted by molar-refractivity contribution is 0.0977. The van der Waals surface area contributed by atoms with Crippen molar-refractivity contribution in [3.8, 4) is 5.75 Å². The maximum absolute atomic E-state index is 12.5. The van der Waals surface area contributed by atoms with Crippen LogP contribution < -0.4 is 20.1 Å². The Morgan fingerprint density at radius 3 is 2.21 bits per heavy atom. The molecule has 3 N–H and O–H groups in total. The topological polar surface area (TPSA) is 96.5 Å². The summed E-state index contributed by atoms with van der Waals surface area (Å²) >= 11 is 5.20. The Morgan fingerprint density at radius 2 is 1.58 bits per heavy atom. The van der Waals surface area contributed by atoms with Gasteiger partial charge in [-0.25, -0.2) is 8.42 Å². The van der Waals surface area contributed by atoms with E-state index >= 15 is 0 Å². The molecule has 0 atom stereocenters. The van der Waals surface area contributed by atoms with Gasteiger partial charge in [0.05, 0.1) is 11.5 Å². The van der Waals surface area contributed by atoms with Crippen molar-refractivity contribution in [3.63, 3.8) is 0 Å². The molecule has 0 aromatic heterocycles. The van der Waals surface area contributed by atoms with Crippen molar-refractivity contribution in [2.24, 2.45) is 0 Å². The van der Waals surface area contributed by atoms with E-state index in [1.165, 1.54) is 12.1 Å². The third-order valence-corrected chi connectivity index (χ3v) is 6.16. The average Bonchev–Trinajstić information content (AvgIpc) is 2.80. The Balaban J connectivity index is 1.54. The summed E-state index contributed by atoms with van der Waals surface area (Å²) in [6.07, 6.45) is 2.02.